The van der Waals surface area contributed by atoms with Gasteiger partial charge in [-0.1, -0.05) is 0 Å². The summed E-state index contributed by atoms with van der Waals surface area (Å²) in [6.07, 6.45) is 1.62. The summed E-state index contributed by atoms with van der Waals surface area (Å²) in [5.41, 5.74) is 6.08. The second kappa shape index (κ2) is 5.98. The molecular formula is C10H14N2O3. The molecule has 0 saturated carbocycles. The molecule has 1 heterocycles. The van der Waals surface area contributed by atoms with Crippen molar-refractivity contribution in [1.82, 2.24) is 4.98 Å². The highest BCUT2D eigenvalue weighted by molar-refractivity contribution is 5.71. The molecular weight excluding hydrogens is 196 g/mol. The molecule has 0 atom stereocenters. The Balaban J connectivity index is 2.53. The molecule has 5 nitrogen and oxygen atoms in total. The summed E-state index contributed by atoms with van der Waals surface area (Å²) in [4.78, 5) is 15.0. The third kappa shape index (κ3) is 3.55. The topological polar surface area (TPSA) is 74.4 Å². The first kappa shape index (κ1) is 11.5. The van der Waals surface area contributed by atoms with Crippen LogP contribution < -0.4 is 10.5 Å². The first-order valence-corrected chi connectivity index (χ1v) is 4.70. The van der Waals surface area contributed by atoms with Gasteiger partial charge in [-0.25, -0.2) is 4.79 Å². The van der Waals surface area contributed by atoms with Crippen molar-refractivity contribution in [3.05, 3.63) is 24.0 Å². The van der Waals surface area contributed by atoms with E-state index in [1.807, 2.05) is 0 Å². The maximum Gasteiger partial charge on any atom is 0.344 e. The van der Waals surface area contributed by atoms with Crippen LogP contribution in [0.2, 0.25) is 0 Å². The number of ether oxygens (including phenoxy) is 2. The average molecular weight is 210 g/mol. The van der Waals surface area contributed by atoms with Crippen LogP contribution in [0.3, 0.4) is 0 Å². The molecule has 0 amide bonds. The summed E-state index contributed by atoms with van der Waals surface area (Å²) < 4.78 is 9.95. The maximum absolute atomic E-state index is 11.0. The highest BCUT2D eigenvalue weighted by Gasteiger charge is 2.06. The molecule has 0 aliphatic carbocycles. The van der Waals surface area contributed by atoms with Gasteiger partial charge < -0.3 is 15.2 Å². The molecule has 0 aliphatic heterocycles. The van der Waals surface area contributed by atoms with Gasteiger partial charge in [-0.15, -0.1) is 0 Å². The SMILES string of the molecule is CCOC(=O)COc1cccnc1CN. The predicted molar refractivity (Wildman–Crippen MR) is 54.3 cm³/mol. The summed E-state index contributed by atoms with van der Waals surface area (Å²) >= 11 is 0. The van der Waals surface area contributed by atoms with Gasteiger partial charge in [0.2, 0.25) is 0 Å². The Bertz CT molecular complexity index is 328. The lowest BCUT2D eigenvalue weighted by molar-refractivity contribution is -0.145. The average Bonchev–Trinajstić information content (AvgIpc) is 2.27. The number of pyridine rings is 1. The van der Waals surface area contributed by atoms with Crippen molar-refractivity contribution in [2.24, 2.45) is 5.73 Å². The van der Waals surface area contributed by atoms with Crippen LogP contribution in [0.1, 0.15) is 12.6 Å². The molecule has 0 radical (unpaired) electrons. The van der Waals surface area contributed by atoms with Crippen LogP contribution in [0.5, 0.6) is 5.75 Å². The zero-order valence-electron chi connectivity index (χ0n) is 8.60. The zero-order chi connectivity index (χ0) is 11.1. The number of carbonyl (C=O) groups is 1. The summed E-state index contributed by atoms with van der Waals surface area (Å²) in [6.45, 7) is 2.25. The molecule has 15 heavy (non-hydrogen) atoms. The number of carbonyl (C=O) groups excluding carboxylic acids is 1. The van der Waals surface area contributed by atoms with Crippen LogP contribution in [0, 0.1) is 0 Å². The van der Waals surface area contributed by atoms with Crippen molar-refractivity contribution < 1.29 is 14.3 Å². The van der Waals surface area contributed by atoms with Gasteiger partial charge >= 0.3 is 5.97 Å². The molecule has 5 heteroatoms. The number of rotatable bonds is 5. The number of nitrogens with two attached hydrogens (primary N) is 1. The third-order valence-corrected chi connectivity index (χ3v) is 1.69. The summed E-state index contributed by atoms with van der Waals surface area (Å²) in [5.74, 6) is 0.123. The van der Waals surface area contributed by atoms with Gasteiger partial charge in [-0.2, -0.15) is 0 Å². The van der Waals surface area contributed by atoms with Gasteiger partial charge in [0.25, 0.3) is 0 Å². The van der Waals surface area contributed by atoms with Crippen molar-refractivity contribution in [3.8, 4) is 5.75 Å². The van der Waals surface area contributed by atoms with Gasteiger partial charge in [0.1, 0.15) is 5.75 Å². The number of hydrogen-bond donors (Lipinski definition) is 1. The van der Waals surface area contributed by atoms with Crippen molar-refractivity contribution in [2.75, 3.05) is 13.2 Å². The quantitative estimate of drug-likeness (QED) is 0.715. The normalized spacial score (nSPS) is 9.73. The Kier molecular flexibility index (Phi) is 4.56. The van der Waals surface area contributed by atoms with Gasteiger partial charge in [0.15, 0.2) is 6.61 Å². The molecule has 0 spiro atoms. The molecule has 0 aliphatic rings. The molecule has 1 aromatic heterocycles. The monoisotopic (exact) mass is 210 g/mol. The van der Waals surface area contributed by atoms with Crippen LogP contribution in [-0.2, 0) is 16.1 Å². The van der Waals surface area contributed by atoms with E-state index in [-0.39, 0.29) is 13.2 Å². The highest BCUT2D eigenvalue weighted by atomic mass is 16.6. The van der Waals surface area contributed by atoms with E-state index in [1.165, 1.54) is 0 Å². The van der Waals surface area contributed by atoms with Gasteiger partial charge in [-0.05, 0) is 19.1 Å². The lowest BCUT2D eigenvalue weighted by Gasteiger charge is -2.08. The highest BCUT2D eigenvalue weighted by Crippen LogP contribution is 2.13. The van der Waals surface area contributed by atoms with Gasteiger partial charge in [0, 0.05) is 12.7 Å². The second-order valence-corrected chi connectivity index (χ2v) is 2.75. The molecule has 82 valence electrons. The molecule has 0 fully saturated rings. The smallest absolute Gasteiger partial charge is 0.344 e. The van der Waals surface area contributed by atoms with Crippen LogP contribution in [0.15, 0.2) is 18.3 Å². The molecule has 1 rings (SSSR count). The fourth-order valence-corrected chi connectivity index (χ4v) is 1.05. The summed E-state index contributed by atoms with van der Waals surface area (Å²) in [6, 6.07) is 3.44. The van der Waals surface area contributed by atoms with Crippen LogP contribution in [-0.4, -0.2) is 24.2 Å². The van der Waals surface area contributed by atoms with E-state index >= 15 is 0 Å². The Labute approximate surface area is 88.2 Å². The van der Waals surface area contributed by atoms with Crippen LogP contribution in [0.25, 0.3) is 0 Å². The number of esters is 1. The summed E-state index contributed by atoms with van der Waals surface area (Å²) in [7, 11) is 0. The van der Waals surface area contributed by atoms with Gasteiger partial charge in [-0.3, -0.25) is 4.98 Å². The fourth-order valence-electron chi connectivity index (χ4n) is 1.05. The lowest BCUT2D eigenvalue weighted by atomic mass is 10.3. The van der Waals surface area contributed by atoms with E-state index in [2.05, 4.69) is 4.98 Å². The van der Waals surface area contributed by atoms with E-state index in [0.29, 0.717) is 18.1 Å². The Morgan fingerprint density at radius 1 is 1.60 bits per heavy atom. The summed E-state index contributed by atoms with van der Waals surface area (Å²) in [5, 5.41) is 0. The Morgan fingerprint density at radius 3 is 3.07 bits per heavy atom. The number of hydrogen-bond acceptors (Lipinski definition) is 5. The Morgan fingerprint density at radius 2 is 2.40 bits per heavy atom. The minimum absolute atomic E-state index is 0.119. The van der Waals surface area contributed by atoms with E-state index in [9.17, 15) is 4.79 Å². The molecule has 1 aromatic rings. The van der Waals surface area contributed by atoms with Crippen LogP contribution >= 0.6 is 0 Å². The standard InChI is InChI=1S/C10H14N2O3/c1-2-14-10(13)7-15-9-4-3-5-12-8(9)6-11/h3-5H,2,6-7,11H2,1H3. The van der Waals surface area contributed by atoms with Crippen molar-refractivity contribution in [1.29, 1.82) is 0 Å². The molecule has 0 saturated heterocycles. The molecule has 0 bridgehead atoms. The van der Waals surface area contributed by atoms with Crippen LogP contribution in [0.4, 0.5) is 0 Å². The van der Waals surface area contributed by atoms with Crippen molar-refractivity contribution in [3.63, 3.8) is 0 Å². The number of aromatic nitrogens is 1. The Hall–Kier alpha value is -1.62. The molecule has 0 unspecified atom stereocenters. The fraction of sp³-hybridized carbons (Fsp3) is 0.400. The van der Waals surface area contributed by atoms with Crippen molar-refractivity contribution >= 4 is 5.97 Å². The van der Waals surface area contributed by atoms with Crippen molar-refractivity contribution in [2.45, 2.75) is 13.5 Å². The second-order valence-electron chi connectivity index (χ2n) is 2.75. The van der Waals surface area contributed by atoms with E-state index in [4.69, 9.17) is 15.2 Å². The molecule has 2 N–H and O–H groups in total. The minimum atomic E-state index is -0.399. The third-order valence-electron chi connectivity index (χ3n) is 1.69. The van der Waals surface area contributed by atoms with Gasteiger partial charge in [0.05, 0.1) is 12.3 Å². The first-order valence-electron chi connectivity index (χ1n) is 4.70. The van der Waals surface area contributed by atoms with E-state index in [1.54, 1.807) is 25.3 Å². The number of nitrogens with zero attached hydrogens (tertiary/aromatic N) is 1. The first-order chi connectivity index (χ1) is 7.27. The van der Waals surface area contributed by atoms with E-state index in [0.717, 1.165) is 0 Å². The largest absolute Gasteiger partial charge is 0.480 e. The predicted octanol–water partition coefficient (Wildman–Crippen LogP) is 0.482. The molecule has 0 aromatic carbocycles. The minimum Gasteiger partial charge on any atom is -0.480 e. The zero-order valence-corrected chi connectivity index (χ0v) is 8.60. The van der Waals surface area contributed by atoms with E-state index < -0.39 is 5.97 Å². The maximum atomic E-state index is 11.0. The lowest BCUT2D eigenvalue weighted by Crippen LogP contribution is -2.16.